The number of nitrogens with zero attached hydrogens (tertiary/aromatic N) is 1. The molecule has 2 aromatic heterocycles. The summed E-state index contributed by atoms with van der Waals surface area (Å²) < 4.78 is 4.72. The number of primary amides is 1. The number of aromatic hydroxyl groups is 1. The lowest BCUT2D eigenvalue weighted by Gasteiger charge is -2.11. The van der Waals surface area contributed by atoms with Gasteiger partial charge in [0, 0.05) is 28.0 Å². The van der Waals surface area contributed by atoms with Crippen LogP contribution < -0.4 is 11.5 Å². The van der Waals surface area contributed by atoms with Gasteiger partial charge in [0.2, 0.25) is 5.91 Å². The van der Waals surface area contributed by atoms with Gasteiger partial charge in [0.1, 0.15) is 17.4 Å². The molecule has 4 aromatic rings. The van der Waals surface area contributed by atoms with Crippen LogP contribution in [-0.2, 0) is 19.1 Å². The molecule has 2 aromatic carbocycles. The Bertz CT molecular complexity index is 1470. The number of rotatable bonds is 6. The number of hydrogen-bond donors (Lipinski definition) is 6. The number of hydrogen-bond acceptors (Lipinski definition) is 8. The Hall–Kier alpha value is -4.97. The standard InChI is InChI=1S/C19H14N2O3.C5H8N2O5/c1-24-19(23)14-10-11(6-7-16(14)22)17-18-13(8-9-20-17)12-4-2-3-5-15(12)21-18;6-2(5(11)12)1(3(7)8)4(9)10/h2-10,21-22H,1H3;1-2H,6H2,(H2,7,8)(H,9,10)(H,11,12). The number of aliphatic carboxylic acids is 2. The number of amides is 1. The first-order valence-electron chi connectivity index (χ1n) is 10.3. The van der Waals surface area contributed by atoms with Crippen molar-refractivity contribution in [1.82, 2.24) is 9.97 Å². The van der Waals surface area contributed by atoms with Crippen molar-refractivity contribution in [2.24, 2.45) is 17.4 Å². The number of ether oxygens (including phenoxy) is 1. The second kappa shape index (κ2) is 10.5. The summed E-state index contributed by atoms with van der Waals surface area (Å²) in [4.78, 5) is 50.4. The predicted octanol–water partition coefficient (Wildman–Crippen LogP) is 1.46. The normalized spacial score (nSPS) is 12.3. The van der Waals surface area contributed by atoms with Gasteiger partial charge in [-0.1, -0.05) is 18.2 Å². The van der Waals surface area contributed by atoms with Crippen molar-refractivity contribution in [2.45, 2.75) is 6.04 Å². The van der Waals surface area contributed by atoms with Crippen LogP contribution >= 0.6 is 0 Å². The number of methoxy groups -OCH3 is 1. The molecule has 36 heavy (non-hydrogen) atoms. The van der Waals surface area contributed by atoms with Gasteiger partial charge in [-0.3, -0.25) is 19.4 Å². The first kappa shape index (κ1) is 25.6. The van der Waals surface area contributed by atoms with Gasteiger partial charge >= 0.3 is 17.9 Å². The van der Waals surface area contributed by atoms with Gasteiger partial charge in [-0.15, -0.1) is 0 Å². The summed E-state index contributed by atoms with van der Waals surface area (Å²) in [5.74, 6) is -7.08. The maximum absolute atomic E-state index is 11.8. The lowest BCUT2D eigenvalue weighted by molar-refractivity contribution is -0.153. The van der Waals surface area contributed by atoms with Crippen LogP contribution in [0.4, 0.5) is 0 Å². The molecule has 2 unspecified atom stereocenters. The van der Waals surface area contributed by atoms with Gasteiger partial charge in [0.05, 0.1) is 18.3 Å². The van der Waals surface area contributed by atoms with Gasteiger partial charge in [-0.25, -0.2) is 4.79 Å². The Morgan fingerprint density at radius 1 is 1.00 bits per heavy atom. The summed E-state index contributed by atoms with van der Waals surface area (Å²) in [5, 5.41) is 28.6. The van der Waals surface area contributed by atoms with E-state index in [1.165, 1.54) is 13.2 Å². The zero-order valence-corrected chi connectivity index (χ0v) is 18.8. The highest BCUT2D eigenvalue weighted by atomic mass is 16.5. The van der Waals surface area contributed by atoms with Crippen LogP contribution in [0.15, 0.2) is 54.7 Å². The fraction of sp³-hybridized carbons (Fsp3) is 0.125. The minimum atomic E-state index is -1.89. The number of carbonyl (C=O) groups is 4. The number of nitrogens with one attached hydrogen (secondary N) is 1. The molecule has 0 radical (unpaired) electrons. The highest BCUT2D eigenvalue weighted by Gasteiger charge is 2.35. The lowest BCUT2D eigenvalue weighted by atomic mass is 10.0. The van der Waals surface area contributed by atoms with Crippen molar-refractivity contribution in [1.29, 1.82) is 0 Å². The molecule has 0 saturated carbocycles. The number of phenols is 1. The summed E-state index contributed by atoms with van der Waals surface area (Å²) in [7, 11) is 1.28. The van der Waals surface area contributed by atoms with Gasteiger partial charge in [0.25, 0.3) is 0 Å². The molecule has 0 bridgehead atoms. The fourth-order valence-electron chi connectivity index (χ4n) is 3.54. The zero-order valence-electron chi connectivity index (χ0n) is 18.8. The van der Waals surface area contributed by atoms with E-state index in [1.54, 1.807) is 18.3 Å². The van der Waals surface area contributed by atoms with Crippen LogP contribution in [-0.4, -0.2) is 62.3 Å². The van der Waals surface area contributed by atoms with Crippen molar-refractivity contribution >= 4 is 45.6 Å². The van der Waals surface area contributed by atoms with Gasteiger partial charge < -0.3 is 36.5 Å². The molecule has 0 spiro atoms. The second-order valence-corrected chi connectivity index (χ2v) is 7.56. The molecule has 1 amide bonds. The Morgan fingerprint density at radius 2 is 1.69 bits per heavy atom. The van der Waals surface area contributed by atoms with Gasteiger partial charge in [-0.05, 0) is 30.3 Å². The van der Waals surface area contributed by atoms with E-state index in [0.29, 0.717) is 5.69 Å². The van der Waals surface area contributed by atoms with E-state index in [1.807, 2.05) is 24.3 Å². The first-order valence-corrected chi connectivity index (χ1v) is 10.3. The van der Waals surface area contributed by atoms with Crippen molar-refractivity contribution in [3.8, 4) is 17.0 Å². The number of nitrogens with two attached hydrogens (primary N) is 2. The number of carboxylic acids is 2. The summed E-state index contributed by atoms with van der Waals surface area (Å²) >= 11 is 0. The monoisotopic (exact) mass is 494 g/mol. The largest absolute Gasteiger partial charge is 0.507 e. The van der Waals surface area contributed by atoms with Crippen LogP contribution in [0.25, 0.3) is 33.1 Å². The SMILES string of the molecule is COC(=O)c1cc(-c2nccc3c2[nH]c2ccccc23)ccc1O.NC(=O)C(C(=O)O)C(N)C(=O)O. The van der Waals surface area contributed by atoms with E-state index < -0.39 is 35.8 Å². The minimum absolute atomic E-state index is 0.116. The number of fused-ring (bicyclic) bond motifs is 3. The van der Waals surface area contributed by atoms with E-state index in [2.05, 4.69) is 21.8 Å². The summed E-state index contributed by atoms with van der Waals surface area (Å²) in [5.41, 5.74) is 13.0. The van der Waals surface area contributed by atoms with Crippen LogP contribution in [0, 0.1) is 5.92 Å². The van der Waals surface area contributed by atoms with Crippen LogP contribution in [0.1, 0.15) is 10.4 Å². The van der Waals surface area contributed by atoms with E-state index in [4.69, 9.17) is 20.7 Å². The molecular weight excluding hydrogens is 472 g/mol. The fourth-order valence-corrected chi connectivity index (χ4v) is 3.54. The topological polar surface area (TPSA) is 219 Å². The molecule has 186 valence electrons. The maximum Gasteiger partial charge on any atom is 0.341 e. The molecule has 2 atom stereocenters. The molecule has 0 saturated heterocycles. The molecule has 0 aliphatic carbocycles. The number of aromatic nitrogens is 2. The van der Waals surface area contributed by atoms with Gasteiger partial charge in [-0.2, -0.15) is 0 Å². The van der Waals surface area contributed by atoms with Crippen molar-refractivity contribution in [3.63, 3.8) is 0 Å². The minimum Gasteiger partial charge on any atom is -0.507 e. The quantitative estimate of drug-likeness (QED) is 0.167. The molecule has 8 N–H and O–H groups in total. The van der Waals surface area contributed by atoms with E-state index in [0.717, 1.165) is 27.4 Å². The maximum atomic E-state index is 11.8. The number of esters is 1. The molecule has 0 aliphatic rings. The Balaban J connectivity index is 0.000000257. The summed E-state index contributed by atoms with van der Waals surface area (Å²) in [6, 6.07) is 13.0. The average molecular weight is 494 g/mol. The van der Waals surface area contributed by atoms with Crippen molar-refractivity contribution in [2.75, 3.05) is 7.11 Å². The van der Waals surface area contributed by atoms with Crippen molar-refractivity contribution in [3.05, 3.63) is 60.3 Å². The first-order chi connectivity index (χ1) is 17.1. The average Bonchev–Trinajstić information content (AvgIpc) is 3.23. The Morgan fingerprint density at radius 3 is 2.28 bits per heavy atom. The van der Waals surface area contributed by atoms with E-state index in [-0.39, 0.29) is 11.3 Å². The molecule has 0 aliphatic heterocycles. The van der Waals surface area contributed by atoms with E-state index >= 15 is 0 Å². The predicted molar refractivity (Wildman–Crippen MR) is 128 cm³/mol. The molecule has 12 heteroatoms. The smallest absolute Gasteiger partial charge is 0.341 e. The number of para-hydroxylation sites is 1. The molecular formula is C24H22N4O8. The molecule has 2 heterocycles. The zero-order chi connectivity index (χ0) is 26.6. The van der Waals surface area contributed by atoms with E-state index in [9.17, 15) is 24.3 Å². The van der Waals surface area contributed by atoms with Gasteiger partial charge in [0.15, 0.2) is 5.92 Å². The number of carbonyl (C=O) groups excluding carboxylic acids is 2. The molecule has 12 nitrogen and oxygen atoms in total. The lowest BCUT2D eigenvalue weighted by Crippen LogP contribution is -2.48. The highest BCUT2D eigenvalue weighted by Crippen LogP contribution is 2.33. The number of aromatic amines is 1. The molecule has 0 fully saturated rings. The molecule has 4 rings (SSSR count). The summed E-state index contributed by atoms with van der Waals surface area (Å²) in [6.07, 6.45) is 1.74. The van der Waals surface area contributed by atoms with Crippen LogP contribution in [0.3, 0.4) is 0 Å². The number of benzene rings is 2. The Labute approximate surface area is 203 Å². The highest BCUT2D eigenvalue weighted by molar-refractivity contribution is 6.11. The van der Waals surface area contributed by atoms with Crippen molar-refractivity contribution < 1.29 is 39.2 Å². The Kier molecular flexibility index (Phi) is 7.50. The number of pyridine rings is 1. The van der Waals surface area contributed by atoms with Crippen LogP contribution in [0.2, 0.25) is 0 Å². The second-order valence-electron chi connectivity index (χ2n) is 7.56. The third kappa shape index (κ3) is 5.08. The third-order valence-electron chi connectivity index (χ3n) is 5.32. The number of phenolic OH excluding ortho intramolecular Hbond substituents is 1. The number of carboxylic acid groups (broad SMARTS) is 2. The number of H-pyrrole nitrogens is 1. The third-order valence-corrected chi connectivity index (χ3v) is 5.32. The van der Waals surface area contributed by atoms with Crippen LogP contribution in [0.5, 0.6) is 5.75 Å². The summed E-state index contributed by atoms with van der Waals surface area (Å²) in [6.45, 7) is 0.